The van der Waals surface area contributed by atoms with E-state index >= 15 is 0 Å². The van der Waals surface area contributed by atoms with E-state index < -0.39 is 0 Å². The lowest BCUT2D eigenvalue weighted by Gasteiger charge is -2.36. The highest BCUT2D eigenvalue weighted by atomic mass is 16.2. The summed E-state index contributed by atoms with van der Waals surface area (Å²) in [6.45, 7) is 1.35. The van der Waals surface area contributed by atoms with Crippen molar-refractivity contribution in [2.24, 2.45) is 5.92 Å². The Bertz CT molecular complexity index is 190. The summed E-state index contributed by atoms with van der Waals surface area (Å²) < 4.78 is 0. The van der Waals surface area contributed by atoms with Gasteiger partial charge in [-0.3, -0.25) is 9.59 Å². The quantitative estimate of drug-likeness (QED) is 0.498. The summed E-state index contributed by atoms with van der Waals surface area (Å²) in [5.74, 6) is 0.754. The van der Waals surface area contributed by atoms with Crippen molar-refractivity contribution in [1.82, 2.24) is 4.90 Å². The molecule has 3 heteroatoms. The van der Waals surface area contributed by atoms with E-state index in [4.69, 9.17) is 0 Å². The van der Waals surface area contributed by atoms with Crippen LogP contribution in [-0.2, 0) is 9.59 Å². The largest absolute Gasteiger partial charge is 0.342 e. The van der Waals surface area contributed by atoms with Crippen LogP contribution in [0.25, 0.3) is 0 Å². The molecule has 0 aromatic rings. The zero-order valence-corrected chi connectivity index (χ0v) is 6.38. The second kappa shape index (κ2) is 2.32. The Morgan fingerprint density at radius 1 is 1.27 bits per heavy atom. The van der Waals surface area contributed by atoms with Gasteiger partial charge in [0, 0.05) is 31.8 Å². The maximum Gasteiger partial charge on any atom is 0.222 e. The van der Waals surface area contributed by atoms with Crippen LogP contribution in [-0.4, -0.2) is 29.7 Å². The van der Waals surface area contributed by atoms with Crippen LogP contribution in [0.5, 0.6) is 0 Å². The molecular weight excluding hydrogens is 142 g/mol. The summed E-state index contributed by atoms with van der Waals surface area (Å²) >= 11 is 0. The van der Waals surface area contributed by atoms with Crippen molar-refractivity contribution in [1.29, 1.82) is 0 Å². The predicted molar refractivity (Wildman–Crippen MR) is 38.9 cm³/mol. The van der Waals surface area contributed by atoms with Gasteiger partial charge in [0.15, 0.2) is 0 Å². The van der Waals surface area contributed by atoms with Gasteiger partial charge < -0.3 is 4.90 Å². The number of hydrogen-bond acceptors (Lipinski definition) is 2. The molecule has 0 radical (unpaired) electrons. The van der Waals surface area contributed by atoms with Gasteiger partial charge in [0.05, 0.1) is 0 Å². The number of piperidine rings is 2. The molecule has 0 unspecified atom stereocenters. The van der Waals surface area contributed by atoms with Gasteiger partial charge in [0.1, 0.15) is 5.78 Å². The summed E-state index contributed by atoms with van der Waals surface area (Å²) in [6.07, 6.45) is 1.95. The van der Waals surface area contributed by atoms with E-state index in [2.05, 4.69) is 0 Å². The lowest BCUT2D eigenvalue weighted by atomic mass is 9.88. The number of nitrogens with zero attached hydrogens (tertiary/aromatic N) is 1. The number of rotatable bonds is 0. The zero-order valence-electron chi connectivity index (χ0n) is 6.38. The standard InChI is InChI=1S/C8H11NO2/c10-7-3-4-9-5-6(7)1-2-8(9)11/h6H,1-5H2/t6-/m1/s1. The SMILES string of the molecule is O=C1CCN2C[C@H]1CCC2=O. The first-order valence-electron chi connectivity index (χ1n) is 4.08. The van der Waals surface area contributed by atoms with Crippen molar-refractivity contribution < 1.29 is 9.59 Å². The van der Waals surface area contributed by atoms with Gasteiger partial charge in [-0.05, 0) is 6.42 Å². The van der Waals surface area contributed by atoms with E-state index in [9.17, 15) is 9.59 Å². The molecular formula is C8H11NO2. The third kappa shape index (κ3) is 1.04. The minimum absolute atomic E-state index is 0.168. The van der Waals surface area contributed by atoms with Gasteiger partial charge >= 0.3 is 0 Å². The fourth-order valence-corrected chi connectivity index (χ4v) is 1.84. The fourth-order valence-electron chi connectivity index (χ4n) is 1.84. The Morgan fingerprint density at radius 2 is 2.09 bits per heavy atom. The molecule has 0 N–H and O–H groups in total. The zero-order chi connectivity index (χ0) is 7.84. The summed E-state index contributed by atoms with van der Waals surface area (Å²) in [4.78, 5) is 24.1. The summed E-state index contributed by atoms with van der Waals surface area (Å²) in [5, 5.41) is 0. The number of carbonyl (C=O) groups excluding carboxylic acids is 2. The van der Waals surface area contributed by atoms with Gasteiger partial charge in [-0.15, -0.1) is 0 Å². The summed E-state index contributed by atoms with van der Waals surface area (Å²) in [5.41, 5.74) is 0. The number of hydrogen-bond donors (Lipinski definition) is 0. The van der Waals surface area contributed by atoms with Crippen molar-refractivity contribution in [2.75, 3.05) is 13.1 Å². The van der Waals surface area contributed by atoms with E-state index in [1.54, 1.807) is 0 Å². The topological polar surface area (TPSA) is 37.4 Å². The molecule has 2 aliphatic rings. The average Bonchev–Trinajstić information content (AvgIpc) is 2.02. The van der Waals surface area contributed by atoms with E-state index in [0.717, 1.165) is 6.42 Å². The van der Waals surface area contributed by atoms with Crippen molar-refractivity contribution in [3.8, 4) is 0 Å². The molecule has 2 heterocycles. The highest BCUT2D eigenvalue weighted by Gasteiger charge is 2.33. The minimum atomic E-state index is 0.168. The second-order valence-electron chi connectivity index (χ2n) is 3.29. The van der Waals surface area contributed by atoms with Crippen LogP contribution in [0.3, 0.4) is 0 Å². The molecule has 0 aromatic carbocycles. The predicted octanol–water partition coefficient (Wildman–Crippen LogP) is 0.198. The third-order valence-corrected chi connectivity index (χ3v) is 2.58. The molecule has 2 aliphatic heterocycles. The van der Waals surface area contributed by atoms with E-state index in [0.29, 0.717) is 31.7 Å². The van der Waals surface area contributed by atoms with Crippen molar-refractivity contribution in [3.05, 3.63) is 0 Å². The monoisotopic (exact) mass is 153 g/mol. The van der Waals surface area contributed by atoms with Crippen molar-refractivity contribution >= 4 is 11.7 Å². The van der Waals surface area contributed by atoms with Crippen molar-refractivity contribution in [2.45, 2.75) is 19.3 Å². The molecule has 2 rings (SSSR count). The van der Waals surface area contributed by atoms with Crippen LogP contribution < -0.4 is 0 Å². The first-order valence-corrected chi connectivity index (χ1v) is 4.08. The smallest absolute Gasteiger partial charge is 0.222 e. The van der Waals surface area contributed by atoms with Gasteiger partial charge in [-0.25, -0.2) is 0 Å². The molecule has 1 amide bonds. The van der Waals surface area contributed by atoms with Crippen LogP contribution in [0, 0.1) is 5.92 Å². The average molecular weight is 153 g/mol. The molecule has 0 spiro atoms. The lowest BCUT2D eigenvalue weighted by molar-refractivity contribution is -0.142. The Balaban J connectivity index is 2.14. The molecule has 1 atom stereocenters. The molecule has 0 aromatic heterocycles. The highest BCUT2D eigenvalue weighted by Crippen LogP contribution is 2.23. The Kier molecular flexibility index (Phi) is 1.44. The van der Waals surface area contributed by atoms with Crippen LogP contribution in [0.1, 0.15) is 19.3 Å². The first kappa shape index (κ1) is 6.83. The second-order valence-corrected chi connectivity index (χ2v) is 3.29. The number of Topliss-reactive ketones (excluding diaryl/α,β-unsaturated/α-hetero) is 1. The Hall–Kier alpha value is -0.860. The summed E-state index contributed by atoms with van der Waals surface area (Å²) in [7, 11) is 0. The Labute approximate surface area is 65.4 Å². The first-order chi connectivity index (χ1) is 5.27. The van der Waals surface area contributed by atoms with Gasteiger partial charge in [-0.1, -0.05) is 0 Å². The van der Waals surface area contributed by atoms with Gasteiger partial charge in [0.2, 0.25) is 5.91 Å². The van der Waals surface area contributed by atoms with Crippen LogP contribution in [0.2, 0.25) is 0 Å². The number of amides is 1. The normalized spacial score (nSPS) is 30.9. The third-order valence-electron chi connectivity index (χ3n) is 2.58. The van der Waals surface area contributed by atoms with Gasteiger partial charge in [-0.2, -0.15) is 0 Å². The van der Waals surface area contributed by atoms with Crippen LogP contribution in [0.15, 0.2) is 0 Å². The number of ketones is 1. The summed E-state index contributed by atoms with van der Waals surface area (Å²) in [6, 6.07) is 0. The van der Waals surface area contributed by atoms with Gasteiger partial charge in [0.25, 0.3) is 0 Å². The molecule has 2 bridgehead atoms. The molecule has 3 nitrogen and oxygen atoms in total. The maximum absolute atomic E-state index is 11.2. The van der Waals surface area contributed by atoms with E-state index in [1.807, 2.05) is 4.90 Å². The lowest BCUT2D eigenvalue weighted by Crippen LogP contribution is -2.47. The molecule has 0 saturated carbocycles. The molecule has 11 heavy (non-hydrogen) atoms. The molecule has 2 saturated heterocycles. The number of carbonyl (C=O) groups is 2. The van der Waals surface area contributed by atoms with Crippen molar-refractivity contribution in [3.63, 3.8) is 0 Å². The molecule has 2 fully saturated rings. The minimum Gasteiger partial charge on any atom is -0.342 e. The van der Waals surface area contributed by atoms with Crippen LogP contribution in [0.4, 0.5) is 0 Å². The van der Waals surface area contributed by atoms with E-state index in [1.165, 1.54) is 0 Å². The molecule has 0 aliphatic carbocycles. The highest BCUT2D eigenvalue weighted by molar-refractivity contribution is 5.87. The Morgan fingerprint density at radius 3 is 2.91 bits per heavy atom. The van der Waals surface area contributed by atoms with Crippen LogP contribution >= 0.6 is 0 Å². The van der Waals surface area contributed by atoms with E-state index in [-0.39, 0.29) is 11.8 Å². The maximum atomic E-state index is 11.2. The molecule has 60 valence electrons. The fraction of sp³-hybridized carbons (Fsp3) is 0.750. The number of fused-ring (bicyclic) bond motifs is 2.